The first-order valence-corrected chi connectivity index (χ1v) is 8.08. The van der Waals surface area contributed by atoms with Crippen LogP contribution in [0.5, 0.6) is 0 Å². The van der Waals surface area contributed by atoms with Crippen LogP contribution < -0.4 is 5.32 Å². The fourth-order valence-electron chi connectivity index (χ4n) is 1.75. The van der Waals surface area contributed by atoms with Crippen molar-refractivity contribution < 1.29 is 4.79 Å². The van der Waals surface area contributed by atoms with E-state index >= 15 is 0 Å². The molecule has 0 aromatic heterocycles. The highest BCUT2D eigenvalue weighted by molar-refractivity contribution is 9.10. The minimum atomic E-state index is -0.145. The summed E-state index contributed by atoms with van der Waals surface area (Å²) in [7, 11) is 0. The number of halogens is 3. The number of benzene rings is 2. The summed E-state index contributed by atoms with van der Waals surface area (Å²) in [5.41, 5.74) is 1.66. The monoisotopic (exact) mass is 415 g/mol. The molecule has 0 aliphatic carbocycles. The lowest BCUT2D eigenvalue weighted by Crippen LogP contribution is -2.26. The highest BCUT2D eigenvalue weighted by atomic mass is 79.9. The van der Waals surface area contributed by atoms with Crippen molar-refractivity contribution in [3.8, 4) is 0 Å². The van der Waals surface area contributed by atoms with E-state index < -0.39 is 0 Å². The summed E-state index contributed by atoms with van der Waals surface area (Å²) >= 11 is 12.8. The summed E-state index contributed by atoms with van der Waals surface area (Å²) in [6.07, 6.45) is 0. The first kappa shape index (κ1) is 15.5. The molecule has 2 rings (SSSR count). The van der Waals surface area contributed by atoms with Crippen LogP contribution in [0.1, 0.15) is 20.7 Å². The van der Waals surface area contributed by atoms with E-state index in [4.69, 9.17) is 11.6 Å². The molecule has 0 saturated heterocycles. The van der Waals surface area contributed by atoms with E-state index in [1.54, 1.807) is 18.2 Å². The van der Waals surface area contributed by atoms with Gasteiger partial charge in [0.1, 0.15) is 0 Å². The van der Waals surface area contributed by atoms with Crippen molar-refractivity contribution in [1.82, 2.24) is 5.32 Å². The zero-order chi connectivity index (χ0) is 14.5. The molecule has 0 saturated carbocycles. The van der Waals surface area contributed by atoms with E-state index in [1.807, 2.05) is 30.3 Å². The van der Waals surface area contributed by atoms with E-state index in [1.165, 1.54) is 0 Å². The summed E-state index contributed by atoms with van der Waals surface area (Å²) in [6, 6.07) is 15.1. The molecular weight excluding hydrogens is 405 g/mol. The summed E-state index contributed by atoms with van der Waals surface area (Å²) in [4.78, 5) is 12.2. The zero-order valence-corrected chi connectivity index (χ0v) is 14.4. The van der Waals surface area contributed by atoms with Gasteiger partial charge in [-0.15, -0.1) is 0 Å². The molecule has 1 amide bonds. The van der Waals surface area contributed by atoms with E-state index in [2.05, 4.69) is 37.2 Å². The third-order valence-corrected chi connectivity index (χ3v) is 4.26. The lowest BCUT2D eigenvalue weighted by atomic mass is 10.1. The first-order valence-electron chi connectivity index (χ1n) is 5.99. The molecule has 0 bridgehead atoms. The van der Waals surface area contributed by atoms with Crippen molar-refractivity contribution >= 4 is 49.4 Å². The van der Waals surface area contributed by atoms with Crippen molar-refractivity contribution in [1.29, 1.82) is 0 Å². The number of hydrogen-bond acceptors (Lipinski definition) is 1. The predicted molar refractivity (Wildman–Crippen MR) is 89.6 cm³/mol. The Morgan fingerprint density at radius 3 is 2.55 bits per heavy atom. The summed E-state index contributed by atoms with van der Waals surface area (Å²) in [5, 5.41) is 3.42. The van der Waals surface area contributed by atoms with Gasteiger partial charge < -0.3 is 5.32 Å². The molecule has 0 heterocycles. The number of alkyl halides is 1. The van der Waals surface area contributed by atoms with Gasteiger partial charge in [0.15, 0.2) is 0 Å². The fourth-order valence-corrected chi connectivity index (χ4v) is 3.08. The number of amides is 1. The number of hydrogen-bond donors (Lipinski definition) is 1. The van der Waals surface area contributed by atoms with Crippen molar-refractivity contribution in [2.24, 2.45) is 0 Å². The van der Waals surface area contributed by atoms with Crippen LogP contribution in [0.15, 0.2) is 53.0 Å². The summed E-state index contributed by atoms with van der Waals surface area (Å²) in [6.45, 7) is 0.507. The van der Waals surface area contributed by atoms with Gasteiger partial charge in [-0.05, 0) is 23.8 Å². The number of rotatable bonds is 4. The third kappa shape index (κ3) is 4.33. The molecule has 104 valence electrons. The zero-order valence-electron chi connectivity index (χ0n) is 10.4. The van der Waals surface area contributed by atoms with Crippen LogP contribution >= 0.6 is 43.5 Å². The van der Waals surface area contributed by atoms with Crippen LogP contribution in [0.4, 0.5) is 0 Å². The molecule has 1 atom stereocenters. The Balaban J connectivity index is 1.98. The van der Waals surface area contributed by atoms with E-state index in [0.717, 1.165) is 10.0 Å². The molecule has 1 unspecified atom stereocenters. The predicted octanol–water partition coefficient (Wildman–Crippen LogP) is 4.97. The topological polar surface area (TPSA) is 29.1 Å². The van der Waals surface area contributed by atoms with Crippen LogP contribution in [-0.2, 0) is 0 Å². The van der Waals surface area contributed by atoms with Crippen LogP contribution in [0.2, 0.25) is 5.02 Å². The van der Waals surface area contributed by atoms with E-state index in [0.29, 0.717) is 17.1 Å². The minimum absolute atomic E-state index is 0.0790. The second-order valence-electron chi connectivity index (χ2n) is 4.25. The molecular formula is C15H12Br2ClNO. The number of carbonyl (C=O) groups is 1. The quantitative estimate of drug-likeness (QED) is 0.700. The van der Waals surface area contributed by atoms with E-state index in [-0.39, 0.29) is 10.7 Å². The molecule has 20 heavy (non-hydrogen) atoms. The number of carbonyl (C=O) groups excluding carboxylic acids is 1. The molecule has 5 heteroatoms. The Bertz CT molecular complexity index is 584. The largest absolute Gasteiger partial charge is 0.351 e. The molecule has 0 aliphatic rings. The van der Waals surface area contributed by atoms with Gasteiger partial charge >= 0.3 is 0 Å². The van der Waals surface area contributed by atoms with Crippen molar-refractivity contribution in [3.05, 3.63) is 69.2 Å². The van der Waals surface area contributed by atoms with Crippen molar-refractivity contribution in [2.75, 3.05) is 6.54 Å². The maximum absolute atomic E-state index is 12.1. The highest BCUT2D eigenvalue weighted by Crippen LogP contribution is 2.22. The Morgan fingerprint density at radius 1 is 1.20 bits per heavy atom. The molecule has 0 spiro atoms. The Morgan fingerprint density at radius 2 is 1.90 bits per heavy atom. The second-order valence-corrected chi connectivity index (χ2v) is 6.70. The Labute approximate surface area is 139 Å². The lowest BCUT2D eigenvalue weighted by Gasteiger charge is -2.12. The van der Waals surface area contributed by atoms with Crippen molar-refractivity contribution in [3.63, 3.8) is 0 Å². The van der Waals surface area contributed by atoms with Gasteiger partial charge in [-0.3, -0.25) is 4.79 Å². The van der Waals surface area contributed by atoms with Crippen LogP contribution in [-0.4, -0.2) is 12.5 Å². The van der Waals surface area contributed by atoms with Gasteiger partial charge in [0, 0.05) is 21.6 Å². The van der Waals surface area contributed by atoms with Gasteiger partial charge in [-0.2, -0.15) is 0 Å². The Hall–Kier alpha value is -0.840. The molecule has 0 fully saturated rings. The van der Waals surface area contributed by atoms with E-state index in [9.17, 15) is 4.79 Å². The Kier molecular flexibility index (Phi) is 5.64. The van der Waals surface area contributed by atoms with Gasteiger partial charge in [0.2, 0.25) is 0 Å². The fraction of sp³-hybridized carbons (Fsp3) is 0.133. The first-order chi connectivity index (χ1) is 9.56. The van der Waals surface area contributed by atoms with Crippen LogP contribution in [0.25, 0.3) is 0 Å². The SMILES string of the molecule is O=C(NCC(Br)c1ccccc1)c1cc(Cl)cc(Br)c1. The molecule has 2 aromatic rings. The van der Waals surface area contributed by atoms with Crippen LogP contribution in [0, 0.1) is 0 Å². The lowest BCUT2D eigenvalue weighted by molar-refractivity contribution is 0.0954. The highest BCUT2D eigenvalue weighted by Gasteiger charge is 2.11. The van der Waals surface area contributed by atoms with Crippen molar-refractivity contribution in [2.45, 2.75) is 4.83 Å². The summed E-state index contributed by atoms with van der Waals surface area (Å²) in [5.74, 6) is -0.145. The van der Waals surface area contributed by atoms with Gasteiger partial charge in [-0.25, -0.2) is 0 Å². The maximum atomic E-state index is 12.1. The minimum Gasteiger partial charge on any atom is -0.351 e. The molecule has 0 aliphatic heterocycles. The van der Waals surface area contributed by atoms with Gasteiger partial charge in [0.05, 0.1) is 4.83 Å². The smallest absolute Gasteiger partial charge is 0.251 e. The molecule has 1 N–H and O–H groups in total. The summed E-state index contributed by atoms with van der Waals surface area (Å²) < 4.78 is 0.786. The third-order valence-electron chi connectivity index (χ3n) is 2.73. The average Bonchev–Trinajstić information content (AvgIpc) is 2.44. The normalized spacial score (nSPS) is 11.9. The van der Waals surface area contributed by atoms with Gasteiger partial charge in [-0.1, -0.05) is 73.8 Å². The molecule has 2 aromatic carbocycles. The second kappa shape index (κ2) is 7.25. The molecule has 0 radical (unpaired) electrons. The average molecular weight is 418 g/mol. The van der Waals surface area contributed by atoms with Gasteiger partial charge in [0.25, 0.3) is 5.91 Å². The number of nitrogens with one attached hydrogen (secondary N) is 1. The maximum Gasteiger partial charge on any atom is 0.251 e. The van der Waals surface area contributed by atoms with Crippen LogP contribution in [0.3, 0.4) is 0 Å². The standard InChI is InChI=1S/C15H12Br2ClNO/c16-12-6-11(7-13(18)8-12)15(20)19-9-14(17)10-4-2-1-3-5-10/h1-8,14H,9H2,(H,19,20). The molecule has 2 nitrogen and oxygen atoms in total.